The minimum Gasteiger partial charge on any atom is -0.453 e. The van der Waals surface area contributed by atoms with Crippen LogP contribution in [0.3, 0.4) is 0 Å². The number of aromatic nitrogens is 2. The van der Waals surface area contributed by atoms with E-state index in [1.54, 1.807) is 0 Å². The molecule has 0 saturated heterocycles. The Hall–Kier alpha value is -6.00. The third kappa shape index (κ3) is 3.78. The van der Waals surface area contributed by atoms with E-state index in [0.29, 0.717) is 0 Å². The standard InChI is InChI=1S/C40H24N2O2/c1-3-9-25(10-4-1)29-13-7-15-33-35-39(43-37(29)33)31(21-23-41-35)27-17-19-28(20-18-27)32-22-24-42-36-34-16-8-14-30(38(34)44-40(32)36)26-11-5-2-6-12-26/h1-24H. The first kappa shape index (κ1) is 24.6. The maximum atomic E-state index is 6.59. The second-order valence-corrected chi connectivity index (χ2v) is 11.0. The molecule has 44 heavy (non-hydrogen) atoms. The Bertz CT molecular complexity index is 2300. The van der Waals surface area contributed by atoms with Crippen molar-refractivity contribution in [2.75, 3.05) is 0 Å². The highest BCUT2D eigenvalue weighted by Crippen LogP contribution is 2.41. The molecule has 0 saturated carbocycles. The van der Waals surface area contributed by atoms with Gasteiger partial charge in [0.15, 0.2) is 11.2 Å². The number of hydrogen-bond donors (Lipinski definition) is 0. The lowest BCUT2D eigenvalue weighted by Gasteiger charge is -2.06. The van der Waals surface area contributed by atoms with Crippen LogP contribution in [0.4, 0.5) is 0 Å². The first-order chi connectivity index (χ1) is 21.8. The Morgan fingerprint density at radius 1 is 0.318 bits per heavy atom. The molecule has 206 valence electrons. The fraction of sp³-hybridized carbons (Fsp3) is 0. The normalized spacial score (nSPS) is 11.6. The van der Waals surface area contributed by atoms with Crippen molar-refractivity contribution in [3.05, 3.63) is 146 Å². The fourth-order valence-corrected chi connectivity index (χ4v) is 6.33. The first-order valence-electron chi connectivity index (χ1n) is 14.7. The van der Waals surface area contributed by atoms with Crippen LogP contribution in [-0.4, -0.2) is 9.97 Å². The van der Waals surface area contributed by atoms with Crippen LogP contribution in [-0.2, 0) is 0 Å². The Kier molecular flexibility index (Phi) is 5.47. The van der Waals surface area contributed by atoms with Crippen LogP contribution >= 0.6 is 0 Å². The maximum Gasteiger partial charge on any atom is 0.161 e. The van der Waals surface area contributed by atoms with Crippen LogP contribution in [0.1, 0.15) is 0 Å². The number of pyridine rings is 2. The smallest absolute Gasteiger partial charge is 0.161 e. The molecule has 0 atom stereocenters. The molecule has 0 aliphatic carbocycles. The van der Waals surface area contributed by atoms with Gasteiger partial charge in [0, 0.05) is 45.4 Å². The third-order valence-electron chi connectivity index (χ3n) is 8.43. The van der Waals surface area contributed by atoms with Crippen LogP contribution < -0.4 is 0 Å². The van der Waals surface area contributed by atoms with Crippen molar-refractivity contribution >= 4 is 44.1 Å². The Labute approximate surface area is 252 Å². The lowest BCUT2D eigenvalue weighted by atomic mass is 9.99. The van der Waals surface area contributed by atoms with E-state index in [4.69, 9.17) is 18.8 Å². The van der Waals surface area contributed by atoms with Crippen molar-refractivity contribution in [3.63, 3.8) is 0 Å². The zero-order chi connectivity index (χ0) is 29.0. The molecule has 4 heteroatoms. The van der Waals surface area contributed by atoms with Gasteiger partial charge in [-0.25, -0.2) is 0 Å². The molecule has 4 nitrogen and oxygen atoms in total. The Morgan fingerprint density at radius 3 is 1.14 bits per heavy atom. The van der Waals surface area contributed by atoms with Gasteiger partial charge in [0.2, 0.25) is 0 Å². The van der Waals surface area contributed by atoms with Gasteiger partial charge >= 0.3 is 0 Å². The molecule has 4 aromatic heterocycles. The van der Waals surface area contributed by atoms with Crippen LogP contribution in [0.5, 0.6) is 0 Å². The predicted molar refractivity (Wildman–Crippen MR) is 178 cm³/mol. The molecule has 0 spiro atoms. The van der Waals surface area contributed by atoms with Crippen LogP contribution in [0.15, 0.2) is 155 Å². The van der Waals surface area contributed by atoms with Crippen molar-refractivity contribution in [2.45, 2.75) is 0 Å². The van der Waals surface area contributed by atoms with E-state index >= 15 is 0 Å². The molecule has 9 aromatic rings. The van der Waals surface area contributed by atoms with Crippen molar-refractivity contribution in [3.8, 4) is 44.5 Å². The molecule has 0 N–H and O–H groups in total. The van der Waals surface area contributed by atoms with Gasteiger partial charge in [0.1, 0.15) is 22.2 Å². The number of fused-ring (bicyclic) bond motifs is 6. The van der Waals surface area contributed by atoms with E-state index in [9.17, 15) is 0 Å². The van der Waals surface area contributed by atoms with E-state index in [1.165, 1.54) is 0 Å². The lowest BCUT2D eigenvalue weighted by molar-refractivity contribution is 0.670. The molecule has 5 aromatic carbocycles. The number of nitrogens with zero attached hydrogens (tertiary/aromatic N) is 2. The summed E-state index contributed by atoms with van der Waals surface area (Å²) in [5, 5.41) is 2.03. The summed E-state index contributed by atoms with van der Waals surface area (Å²) in [6.07, 6.45) is 3.72. The van der Waals surface area contributed by atoms with Crippen molar-refractivity contribution in [1.82, 2.24) is 9.97 Å². The molecule has 0 amide bonds. The number of furan rings is 2. The van der Waals surface area contributed by atoms with Crippen LogP contribution in [0, 0.1) is 0 Å². The molecule has 0 radical (unpaired) electrons. The summed E-state index contributed by atoms with van der Waals surface area (Å²) >= 11 is 0. The van der Waals surface area contributed by atoms with Crippen molar-refractivity contribution < 1.29 is 8.83 Å². The zero-order valence-electron chi connectivity index (χ0n) is 23.6. The summed E-state index contributed by atoms with van der Waals surface area (Å²) in [7, 11) is 0. The Balaban J connectivity index is 1.16. The summed E-state index contributed by atoms with van der Waals surface area (Å²) in [5.41, 5.74) is 13.5. The fourth-order valence-electron chi connectivity index (χ4n) is 6.33. The van der Waals surface area contributed by atoms with Gasteiger partial charge in [-0.15, -0.1) is 0 Å². The summed E-state index contributed by atoms with van der Waals surface area (Å²) in [5.74, 6) is 0. The summed E-state index contributed by atoms with van der Waals surface area (Å²) in [4.78, 5) is 9.45. The van der Waals surface area contributed by atoms with E-state index in [2.05, 4.69) is 84.9 Å². The van der Waals surface area contributed by atoms with Gasteiger partial charge in [-0.2, -0.15) is 0 Å². The zero-order valence-corrected chi connectivity index (χ0v) is 23.6. The van der Waals surface area contributed by atoms with Gasteiger partial charge in [-0.05, 0) is 46.5 Å². The second-order valence-electron chi connectivity index (χ2n) is 11.0. The number of rotatable bonds is 4. The maximum absolute atomic E-state index is 6.59. The summed E-state index contributed by atoms with van der Waals surface area (Å²) < 4.78 is 13.2. The molecule has 0 aliphatic rings. The van der Waals surface area contributed by atoms with Gasteiger partial charge in [-0.3, -0.25) is 9.97 Å². The van der Waals surface area contributed by atoms with Crippen LogP contribution in [0.25, 0.3) is 88.6 Å². The van der Waals surface area contributed by atoms with Gasteiger partial charge in [0.05, 0.1) is 0 Å². The molecule has 0 fully saturated rings. The van der Waals surface area contributed by atoms with Gasteiger partial charge in [-0.1, -0.05) is 109 Å². The van der Waals surface area contributed by atoms with E-state index < -0.39 is 0 Å². The van der Waals surface area contributed by atoms with Crippen molar-refractivity contribution in [1.29, 1.82) is 0 Å². The van der Waals surface area contributed by atoms with E-state index in [0.717, 1.165) is 88.6 Å². The average molecular weight is 565 g/mol. The van der Waals surface area contributed by atoms with Gasteiger partial charge in [0.25, 0.3) is 0 Å². The van der Waals surface area contributed by atoms with E-state index in [-0.39, 0.29) is 0 Å². The average Bonchev–Trinajstić information content (AvgIpc) is 3.68. The predicted octanol–water partition coefficient (Wildman–Crippen LogP) is 10.9. The molecule has 4 heterocycles. The first-order valence-corrected chi connectivity index (χ1v) is 14.7. The third-order valence-corrected chi connectivity index (χ3v) is 8.43. The van der Waals surface area contributed by atoms with E-state index in [1.807, 2.05) is 60.9 Å². The summed E-state index contributed by atoms with van der Waals surface area (Å²) in [6, 6.07) is 45.8. The minimum absolute atomic E-state index is 0.788. The van der Waals surface area contributed by atoms with Gasteiger partial charge < -0.3 is 8.83 Å². The Morgan fingerprint density at radius 2 is 0.705 bits per heavy atom. The molecule has 0 unspecified atom stereocenters. The minimum atomic E-state index is 0.788. The number of hydrogen-bond acceptors (Lipinski definition) is 4. The summed E-state index contributed by atoms with van der Waals surface area (Å²) in [6.45, 7) is 0. The highest BCUT2D eigenvalue weighted by atomic mass is 16.3. The van der Waals surface area contributed by atoms with Crippen LogP contribution in [0.2, 0.25) is 0 Å². The monoisotopic (exact) mass is 564 g/mol. The highest BCUT2D eigenvalue weighted by molar-refractivity contribution is 6.12. The molecule has 0 aliphatic heterocycles. The number of para-hydroxylation sites is 2. The quantitative estimate of drug-likeness (QED) is 0.213. The SMILES string of the molecule is c1ccc(-c2cccc3c2oc2c(-c4ccc(-c5ccnc6c5oc5c(-c7ccccc7)cccc56)cc4)ccnc23)cc1. The highest BCUT2D eigenvalue weighted by Gasteiger charge is 2.18. The molecule has 9 rings (SSSR count). The number of benzene rings is 5. The lowest BCUT2D eigenvalue weighted by Crippen LogP contribution is -1.84. The topological polar surface area (TPSA) is 52.1 Å². The van der Waals surface area contributed by atoms with Crippen molar-refractivity contribution in [2.24, 2.45) is 0 Å². The second kappa shape index (κ2) is 9.79. The molecular weight excluding hydrogens is 540 g/mol. The largest absolute Gasteiger partial charge is 0.453 e. The molecule has 0 bridgehead atoms. The molecular formula is C40H24N2O2.